The molecule has 0 aliphatic heterocycles. The quantitative estimate of drug-likeness (QED) is 0.835. The van der Waals surface area contributed by atoms with E-state index in [1.54, 1.807) is 11.3 Å². The summed E-state index contributed by atoms with van der Waals surface area (Å²) in [6.45, 7) is 0.413. The summed E-state index contributed by atoms with van der Waals surface area (Å²) in [6.07, 6.45) is 0. The molecule has 2 aromatic rings. The Hall–Kier alpha value is -1.92. The normalized spacial score (nSPS) is 12.4. The summed E-state index contributed by atoms with van der Waals surface area (Å²) in [4.78, 5) is 15.2. The summed E-state index contributed by atoms with van der Waals surface area (Å²) in [5.41, 5.74) is 5.78. The van der Waals surface area contributed by atoms with E-state index in [2.05, 4.69) is 5.32 Å². The standard InChI is InChI=1S/C15H18FN3OS/c1-19(2)13(14-4-3-7-21-14)9-18-15(20)11-6-5-10(17)8-12(11)16/h3-8,13H,9,17H2,1-2H3,(H,18,20). The van der Waals surface area contributed by atoms with Crippen molar-refractivity contribution >= 4 is 22.9 Å². The second-order valence-electron chi connectivity index (χ2n) is 4.94. The van der Waals surface area contributed by atoms with Gasteiger partial charge in [-0.25, -0.2) is 4.39 Å². The molecular weight excluding hydrogens is 289 g/mol. The van der Waals surface area contributed by atoms with E-state index in [4.69, 9.17) is 5.73 Å². The summed E-state index contributed by atoms with van der Waals surface area (Å²) >= 11 is 1.63. The number of amides is 1. The minimum Gasteiger partial charge on any atom is -0.399 e. The molecule has 1 heterocycles. The van der Waals surface area contributed by atoms with Crippen molar-refractivity contribution in [3.8, 4) is 0 Å². The Morgan fingerprint density at radius 3 is 2.76 bits per heavy atom. The molecule has 1 atom stereocenters. The van der Waals surface area contributed by atoms with Gasteiger partial charge >= 0.3 is 0 Å². The number of nitrogen functional groups attached to an aromatic ring is 1. The third-order valence-electron chi connectivity index (χ3n) is 3.19. The number of halogens is 1. The molecule has 0 fully saturated rings. The first-order chi connectivity index (χ1) is 9.99. The lowest BCUT2D eigenvalue weighted by atomic mass is 10.1. The number of nitrogens with two attached hydrogens (primary N) is 1. The van der Waals surface area contributed by atoms with Crippen LogP contribution in [-0.4, -0.2) is 31.4 Å². The van der Waals surface area contributed by atoms with Crippen LogP contribution in [0.1, 0.15) is 21.3 Å². The zero-order valence-corrected chi connectivity index (χ0v) is 12.8. The lowest BCUT2D eigenvalue weighted by molar-refractivity contribution is 0.0938. The number of benzene rings is 1. The molecule has 1 aromatic heterocycles. The van der Waals surface area contributed by atoms with Gasteiger partial charge in [0.25, 0.3) is 5.91 Å². The molecule has 0 aliphatic carbocycles. The number of anilines is 1. The molecule has 0 spiro atoms. The van der Waals surface area contributed by atoms with Crippen molar-refractivity contribution in [2.24, 2.45) is 0 Å². The van der Waals surface area contributed by atoms with Gasteiger partial charge in [-0.05, 0) is 43.7 Å². The highest BCUT2D eigenvalue weighted by Gasteiger charge is 2.18. The van der Waals surface area contributed by atoms with Crippen LogP contribution in [0, 0.1) is 5.82 Å². The first-order valence-corrected chi connectivity index (χ1v) is 7.40. The van der Waals surface area contributed by atoms with E-state index in [0.29, 0.717) is 12.2 Å². The smallest absolute Gasteiger partial charge is 0.254 e. The van der Waals surface area contributed by atoms with E-state index >= 15 is 0 Å². The van der Waals surface area contributed by atoms with Crippen molar-refractivity contribution in [1.29, 1.82) is 0 Å². The average Bonchev–Trinajstić information content (AvgIpc) is 2.92. The van der Waals surface area contributed by atoms with E-state index < -0.39 is 11.7 Å². The summed E-state index contributed by atoms with van der Waals surface area (Å²) in [5.74, 6) is -1.04. The van der Waals surface area contributed by atoms with Crippen LogP contribution in [0.4, 0.5) is 10.1 Å². The molecular formula is C15H18FN3OS. The largest absolute Gasteiger partial charge is 0.399 e. The fourth-order valence-electron chi connectivity index (χ4n) is 2.02. The van der Waals surface area contributed by atoms with Crippen LogP contribution in [0.25, 0.3) is 0 Å². The minimum absolute atomic E-state index is 0.00730. The zero-order chi connectivity index (χ0) is 15.4. The molecule has 21 heavy (non-hydrogen) atoms. The van der Waals surface area contributed by atoms with Gasteiger partial charge in [-0.3, -0.25) is 4.79 Å². The molecule has 1 aromatic carbocycles. The Labute approximate surface area is 127 Å². The van der Waals surface area contributed by atoms with Gasteiger partial charge in [0.05, 0.1) is 11.6 Å². The number of rotatable bonds is 5. The zero-order valence-electron chi connectivity index (χ0n) is 12.0. The number of nitrogens with zero attached hydrogens (tertiary/aromatic N) is 1. The molecule has 3 N–H and O–H groups in total. The number of thiophene rings is 1. The van der Waals surface area contributed by atoms with E-state index in [0.717, 1.165) is 10.9 Å². The summed E-state index contributed by atoms with van der Waals surface area (Å²) < 4.78 is 13.7. The van der Waals surface area contributed by atoms with Gasteiger partial charge in [-0.15, -0.1) is 11.3 Å². The number of hydrogen-bond acceptors (Lipinski definition) is 4. The van der Waals surface area contributed by atoms with Gasteiger partial charge in [0, 0.05) is 17.1 Å². The maximum Gasteiger partial charge on any atom is 0.254 e. The molecule has 0 radical (unpaired) electrons. The monoisotopic (exact) mass is 307 g/mol. The molecule has 0 bridgehead atoms. The van der Waals surface area contributed by atoms with Crippen LogP contribution in [0.5, 0.6) is 0 Å². The highest BCUT2D eigenvalue weighted by molar-refractivity contribution is 7.10. The fourth-order valence-corrected chi connectivity index (χ4v) is 2.94. The van der Waals surface area contributed by atoms with Gasteiger partial charge in [-0.1, -0.05) is 6.07 Å². The van der Waals surface area contributed by atoms with Crippen LogP contribution >= 0.6 is 11.3 Å². The number of carbonyl (C=O) groups excluding carboxylic acids is 1. The Balaban J connectivity index is 2.05. The van der Waals surface area contributed by atoms with Gasteiger partial charge in [-0.2, -0.15) is 0 Å². The van der Waals surface area contributed by atoms with Crippen LogP contribution in [-0.2, 0) is 0 Å². The maximum absolute atomic E-state index is 13.7. The fraction of sp³-hybridized carbons (Fsp3) is 0.267. The summed E-state index contributed by atoms with van der Waals surface area (Å²) in [6, 6.07) is 8.11. The van der Waals surface area contributed by atoms with Gasteiger partial charge in [0.2, 0.25) is 0 Å². The second-order valence-corrected chi connectivity index (χ2v) is 5.92. The number of nitrogens with one attached hydrogen (secondary N) is 1. The van der Waals surface area contributed by atoms with Crippen LogP contribution in [0.15, 0.2) is 35.7 Å². The van der Waals surface area contributed by atoms with E-state index in [-0.39, 0.29) is 11.6 Å². The third kappa shape index (κ3) is 3.80. The second kappa shape index (κ2) is 6.69. The van der Waals surface area contributed by atoms with Crippen molar-refractivity contribution in [1.82, 2.24) is 10.2 Å². The van der Waals surface area contributed by atoms with Crippen LogP contribution in [0.2, 0.25) is 0 Å². The van der Waals surface area contributed by atoms with Crippen molar-refractivity contribution in [3.05, 3.63) is 52.0 Å². The van der Waals surface area contributed by atoms with Gasteiger partial charge < -0.3 is 16.0 Å². The van der Waals surface area contributed by atoms with Crippen LogP contribution < -0.4 is 11.1 Å². The highest BCUT2D eigenvalue weighted by atomic mass is 32.1. The van der Waals surface area contributed by atoms with Crippen molar-refractivity contribution in [3.63, 3.8) is 0 Å². The first kappa shape index (κ1) is 15.5. The summed E-state index contributed by atoms with van der Waals surface area (Å²) in [5, 5.41) is 4.77. The number of hydrogen-bond donors (Lipinski definition) is 2. The SMILES string of the molecule is CN(C)C(CNC(=O)c1ccc(N)cc1F)c1cccs1. The average molecular weight is 307 g/mol. The maximum atomic E-state index is 13.7. The lowest BCUT2D eigenvalue weighted by Gasteiger charge is -2.23. The molecule has 2 rings (SSSR count). The Bertz CT molecular complexity index is 613. The third-order valence-corrected chi connectivity index (χ3v) is 4.16. The number of likely N-dealkylation sites (N-methyl/N-ethyl adjacent to an activating group) is 1. The molecule has 1 amide bonds. The van der Waals surface area contributed by atoms with E-state index in [1.165, 1.54) is 12.1 Å². The number of carbonyl (C=O) groups is 1. The first-order valence-electron chi connectivity index (χ1n) is 6.52. The van der Waals surface area contributed by atoms with Crippen LogP contribution in [0.3, 0.4) is 0 Å². The Morgan fingerprint density at radius 2 is 2.19 bits per heavy atom. The molecule has 4 nitrogen and oxygen atoms in total. The van der Waals surface area contributed by atoms with E-state index in [1.807, 2.05) is 36.5 Å². The van der Waals surface area contributed by atoms with Gasteiger partial charge in [0.1, 0.15) is 5.82 Å². The molecule has 0 aliphatic rings. The molecule has 1 unspecified atom stereocenters. The van der Waals surface area contributed by atoms with Crippen molar-refractivity contribution in [2.45, 2.75) is 6.04 Å². The topological polar surface area (TPSA) is 58.4 Å². The molecule has 6 heteroatoms. The van der Waals surface area contributed by atoms with Gasteiger partial charge in [0.15, 0.2) is 0 Å². The molecule has 112 valence electrons. The Kier molecular flexibility index (Phi) is 4.93. The highest BCUT2D eigenvalue weighted by Crippen LogP contribution is 2.22. The van der Waals surface area contributed by atoms with Crippen molar-refractivity contribution in [2.75, 3.05) is 26.4 Å². The summed E-state index contributed by atoms with van der Waals surface area (Å²) in [7, 11) is 3.89. The minimum atomic E-state index is -0.606. The predicted octanol–water partition coefficient (Wildman–Crippen LogP) is 2.50. The van der Waals surface area contributed by atoms with E-state index in [9.17, 15) is 9.18 Å². The molecule has 0 saturated heterocycles. The predicted molar refractivity (Wildman–Crippen MR) is 83.9 cm³/mol. The lowest BCUT2D eigenvalue weighted by Crippen LogP contribution is -2.34. The van der Waals surface area contributed by atoms with Crippen molar-refractivity contribution < 1.29 is 9.18 Å². The Morgan fingerprint density at radius 1 is 1.43 bits per heavy atom. The molecule has 0 saturated carbocycles.